The molecule has 1 N–H and O–H groups in total. The fourth-order valence-electron chi connectivity index (χ4n) is 1.99. The van der Waals surface area contributed by atoms with Gasteiger partial charge in [-0.3, -0.25) is 0 Å². The van der Waals surface area contributed by atoms with Crippen LogP contribution in [0.5, 0.6) is 0 Å². The molecule has 3 rings (SSSR count). The molecule has 27 heavy (non-hydrogen) atoms. The van der Waals surface area contributed by atoms with Crippen molar-refractivity contribution in [1.82, 2.24) is 20.3 Å². The Hall–Kier alpha value is -2.14. The van der Waals surface area contributed by atoms with Crippen LogP contribution in [-0.4, -0.2) is 26.9 Å². The first-order chi connectivity index (χ1) is 12.8. The van der Waals surface area contributed by atoms with Gasteiger partial charge >= 0.3 is 6.18 Å². The molecule has 0 aliphatic heterocycles. The van der Waals surface area contributed by atoms with Gasteiger partial charge in [0.05, 0.1) is 11.3 Å². The van der Waals surface area contributed by atoms with Crippen LogP contribution in [0.4, 0.5) is 18.3 Å². The molecule has 0 spiro atoms. The average Bonchev–Trinajstić information content (AvgIpc) is 3.27. The summed E-state index contributed by atoms with van der Waals surface area (Å²) in [5.74, 6) is 1.51. The maximum absolute atomic E-state index is 12.6. The molecule has 1 aromatic carbocycles. The van der Waals surface area contributed by atoms with Gasteiger partial charge in [0.1, 0.15) is 0 Å². The van der Waals surface area contributed by atoms with E-state index in [9.17, 15) is 13.2 Å². The third kappa shape index (κ3) is 5.42. The van der Waals surface area contributed by atoms with E-state index >= 15 is 0 Å². The highest BCUT2D eigenvalue weighted by Gasteiger charge is 2.30. The number of hydrogen-bond donors (Lipinski definition) is 1. The molecule has 6 nitrogen and oxygen atoms in total. The Morgan fingerprint density at radius 2 is 1.93 bits per heavy atom. The van der Waals surface area contributed by atoms with Gasteiger partial charge < -0.3 is 9.84 Å². The zero-order valence-corrected chi connectivity index (χ0v) is 16.1. The SMILES string of the molecule is CC(C)CNc1nnc(SCc2nc(-c3ccc(C(F)(F)F)cc3)no2)s1. The molecule has 144 valence electrons. The van der Waals surface area contributed by atoms with E-state index in [1.807, 2.05) is 0 Å². The van der Waals surface area contributed by atoms with E-state index in [-0.39, 0.29) is 5.82 Å². The summed E-state index contributed by atoms with van der Waals surface area (Å²) in [5, 5.41) is 15.9. The lowest BCUT2D eigenvalue weighted by molar-refractivity contribution is -0.137. The third-order valence-electron chi connectivity index (χ3n) is 3.33. The zero-order valence-electron chi connectivity index (χ0n) is 14.4. The first kappa shape index (κ1) is 19.6. The van der Waals surface area contributed by atoms with Crippen LogP contribution in [0.1, 0.15) is 25.3 Å². The van der Waals surface area contributed by atoms with Crippen molar-refractivity contribution in [2.45, 2.75) is 30.1 Å². The molecule has 2 heterocycles. The lowest BCUT2D eigenvalue weighted by atomic mass is 10.1. The Morgan fingerprint density at radius 1 is 1.19 bits per heavy atom. The van der Waals surface area contributed by atoms with E-state index in [1.54, 1.807) is 0 Å². The van der Waals surface area contributed by atoms with Crippen molar-refractivity contribution < 1.29 is 17.7 Å². The number of anilines is 1. The van der Waals surface area contributed by atoms with E-state index in [1.165, 1.54) is 35.2 Å². The molecule has 11 heteroatoms. The van der Waals surface area contributed by atoms with Gasteiger partial charge in [-0.05, 0) is 18.1 Å². The Labute approximate surface area is 161 Å². The highest BCUT2D eigenvalue weighted by atomic mass is 32.2. The van der Waals surface area contributed by atoms with Gasteiger partial charge in [0, 0.05) is 12.1 Å². The number of benzene rings is 1. The summed E-state index contributed by atoms with van der Waals surface area (Å²) < 4.78 is 43.8. The minimum atomic E-state index is -4.37. The lowest BCUT2D eigenvalue weighted by Gasteiger charge is -2.05. The van der Waals surface area contributed by atoms with Crippen LogP contribution in [0.25, 0.3) is 11.4 Å². The second kappa shape index (κ2) is 8.26. The van der Waals surface area contributed by atoms with Crippen molar-refractivity contribution in [3.8, 4) is 11.4 Å². The minimum absolute atomic E-state index is 0.246. The topological polar surface area (TPSA) is 76.7 Å². The monoisotopic (exact) mass is 415 g/mol. The molecule has 0 aliphatic rings. The van der Waals surface area contributed by atoms with E-state index in [0.29, 0.717) is 23.1 Å². The summed E-state index contributed by atoms with van der Waals surface area (Å²) in [6, 6.07) is 4.63. The molecule has 0 aliphatic carbocycles. The van der Waals surface area contributed by atoms with E-state index < -0.39 is 11.7 Å². The molecule has 0 fully saturated rings. The fraction of sp³-hybridized carbons (Fsp3) is 0.375. The van der Waals surface area contributed by atoms with Crippen LogP contribution in [0.3, 0.4) is 0 Å². The molecule has 0 bridgehead atoms. The number of halogens is 3. The highest BCUT2D eigenvalue weighted by molar-refractivity contribution is 8.00. The molecule has 3 aromatic rings. The molecule has 0 unspecified atom stereocenters. The maximum atomic E-state index is 12.6. The number of hydrogen-bond acceptors (Lipinski definition) is 8. The first-order valence-electron chi connectivity index (χ1n) is 8.01. The van der Waals surface area contributed by atoms with Crippen molar-refractivity contribution in [2.24, 2.45) is 5.92 Å². The van der Waals surface area contributed by atoms with Crippen molar-refractivity contribution >= 4 is 28.2 Å². The van der Waals surface area contributed by atoms with E-state index in [0.717, 1.165) is 28.1 Å². The second-order valence-electron chi connectivity index (χ2n) is 6.02. The summed E-state index contributed by atoms with van der Waals surface area (Å²) in [6.45, 7) is 5.03. The Balaban J connectivity index is 1.58. The van der Waals surface area contributed by atoms with Crippen LogP contribution >= 0.6 is 23.1 Å². The maximum Gasteiger partial charge on any atom is 0.416 e. The molecule has 2 aromatic heterocycles. The summed E-state index contributed by atoms with van der Waals surface area (Å²) >= 11 is 2.84. The zero-order chi connectivity index (χ0) is 19.4. The van der Waals surface area contributed by atoms with Gasteiger partial charge in [-0.2, -0.15) is 18.2 Å². The standard InChI is InChI=1S/C16H16F3N5OS2/c1-9(2)7-20-14-22-23-15(27-14)26-8-12-21-13(24-25-12)10-3-5-11(6-4-10)16(17,18)19/h3-6,9H,7-8H2,1-2H3,(H,20,22). The molecule has 0 saturated heterocycles. The van der Waals surface area contributed by atoms with Gasteiger partial charge in [0.25, 0.3) is 0 Å². The number of aromatic nitrogens is 4. The number of rotatable bonds is 7. The third-order valence-corrected chi connectivity index (χ3v) is 5.32. The Bertz CT molecular complexity index is 877. The Kier molecular flexibility index (Phi) is 6.00. The smallest absolute Gasteiger partial charge is 0.360 e. The second-order valence-corrected chi connectivity index (χ2v) is 8.22. The summed E-state index contributed by atoms with van der Waals surface area (Å²) in [4.78, 5) is 4.21. The minimum Gasteiger partial charge on any atom is -0.360 e. The van der Waals surface area contributed by atoms with E-state index in [2.05, 4.69) is 39.5 Å². The molecular formula is C16H16F3N5OS2. The van der Waals surface area contributed by atoms with Crippen LogP contribution in [0, 0.1) is 5.92 Å². The normalized spacial score (nSPS) is 11.9. The molecule has 0 amide bonds. The molecule has 0 atom stereocenters. The van der Waals surface area contributed by atoms with Crippen molar-refractivity contribution in [1.29, 1.82) is 0 Å². The number of alkyl halides is 3. The van der Waals surface area contributed by atoms with Gasteiger partial charge in [0.15, 0.2) is 4.34 Å². The Morgan fingerprint density at radius 3 is 2.59 bits per heavy atom. The lowest BCUT2D eigenvalue weighted by Crippen LogP contribution is -2.07. The van der Waals surface area contributed by atoms with Crippen molar-refractivity contribution in [3.05, 3.63) is 35.7 Å². The first-order valence-corrected chi connectivity index (χ1v) is 9.82. The van der Waals surface area contributed by atoms with Gasteiger partial charge in [-0.1, -0.05) is 54.2 Å². The van der Waals surface area contributed by atoms with Crippen LogP contribution in [0.15, 0.2) is 33.1 Å². The predicted octanol–water partition coefficient (Wildman–Crippen LogP) is 4.97. The summed E-state index contributed by atoms with van der Waals surface area (Å²) in [7, 11) is 0. The van der Waals surface area contributed by atoms with Gasteiger partial charge in [-0.15, -0.1) is 10.2 Å². The number of nitrogens with one attached hydrogen (secondary N) is 1. The molecule has 0 radical (unpaired) electrons. The largest absolute Gasteiger partial charge is 0.416 e. The van der Waals surface area contributed by atoms with Crippen molar-refractivity contribution in [2.75, 3.05) is 11.9 Å². The van der Waals surface area contributed by atoms with Crippen LogP contribution < -0.4 is 5.32 Å². The number of nitrogens with zero attached hydrogens (tertiary/aromatic N) is 4. The van der Waals surface area contributed by atoms with Crippen molar-refractivity contribution in [3.63, 3.8) is 0 Å². The summed E-state index contributed by atoms with van der Waals surface area (Å²) in [6.07, 6.45) is -4.37. The quantitative estimate of drug-likeness (QED) is 0.546. The highest BCUT2D eigenvalue weighted by Crippen LogP contribution is 2.31. The molecular weight excluding hydrogens is 399 g/mol. The van der Waals surface area contributed by atoms with Crippen LogP contribution in [0.2, 0.25) is 0 Å². The average molecular weight is 415 g/mol. The summed E-state index contributed by atoms with van der Waals surface area (Å²) in [5.41, 5.74) is -0.261. The predicted molar refractivity (Wildman–Crippen MR) is 97.5 cm³/mol. The van der Waals surface area contributed by atoms with Crippen LogP contribution in [-0.2, 0) is 11.9 Å². The molecule has 0 saturated carbocycles. The van der Waals surface area contributed by atoms with Gasteiger partial charge in [0.2, 0.25) is 16.8 Å². The fourth-order valence-corrected chi connectivity index (χ4v) is 3.59. The van der Waals surface area contributed by atoms with Gasteiger partial charge in [-0.25, -0.2) is 0 Å². The van der Waals surface area contributed by atoms with E-state index in [4.69, 9.17) is 4.52 Å². The number of thioether (sulfide) groups is 1.